The number of halogens is 3. The van der Waals surface area contributed by atoms with E-state index in [9.17, 15) is 18.0 Å². The van der Waals surface area contributed by atoms with Crippen molar-refractivity contribution in [2.24, 2.45) is 0 Å². The summed E-state index contributed by atoms with van der Waals surface area (Å²) in [5, 5.41) is 8.73. The average molecular weight is 246 g/mol. The maximum atomic E-state index is 13.3. The summed E-state index contributed by atoms with van der Waals surface area (Å²) in [4.78, 5) is 10.7. The van der Waals surface area contributed by atoms with Gasteiger partial charge in [-0.15, -0.1) is 0 Å². The largest absolute Gasteiger partial charge is 0.481 e. The minimum atomic E-state index is -2.96. The average Bonchev–Trinajstić information content (AvgIpc) is 2.14. The van der Waals surface area contributed by atoms with Crippen LogP contribution in [0.15, 0.2) is 18.2 Å². The van der Waals surface area contributed by atoms with E-state index in [1.54, 1.807) is 0 Å². The molecule has 1 rings (SSSR count). The zero-order valence-corrected chi connectivity index (χ0v) is 9.51. The van der Waals surface area contributed by atoms with E-state index in [0.717, 1.165) is 6.07 Å². The molecule has 0 amide bonds. The Bertz CT molecular complexity index is 428. The molecule has 0 radical (unpaired) electrons. The van der Waals surface area contributed by atoms with Crippen molar-refractivity contribution in [3.63, 3.8) is 0 Å². The van der Waals surface area contributed by atoms with Crippen LogP contribution in [0.4, 0.5) is 13.2 Å². The standard InChI is InChI=1S/C12H13F3O2/c1-12(2,6-9(16)17)7-4-3-5-8(13)10(7)11(14)15/h3-5,11H,6H2,1-2H3,(H,16,17). The summed E-state index contributed by atoms with van der Waals surface area (Å²) < 4.78 is 38.9. The van der Waals surface area contributed by atoms with Crippen LogP contribution < -0.4 is 0 Å². The number of carboxylic acids is 1. The zero-order valence-electron chi connectivity index (χ0n) is 9.51. The van der Waals surface area contributed by atoms with Crippen LogP contribution in [0.25, 0.3) is 0 Å². The lowest BCUT2D eigenvalue weighted by atomic mass is 9.79. The first-order chi connectivity index (χ1) is 7.75. The lowest BCUT2D eigenvalue weighted by molar-refractivity contribution is -0.138. The molecule has 2 nitrogen and oxygen atoms in total. The SMILES string of the molecule is CC(C)(CC(=O)O)c1cccc(F)c1C(F)F. The van der Waals surface area contributed by atoms with Crippen LogP contribution in [0.3, 0.4) is 0 Å². The molecule has 0 aliphatic rings. The minimum absolute atomic E-state index is 0.0369. The molecule has 0 fully saturated rings. The predicted octanol–water partition coefficient (Wildman–Crippen LogP) is 3.52. The second-order valence-corrected chi connectivity index (χ2v) is 4.46. The number of rotatable bonds is 4. The highest BCUT2D eigenvalue weighted by molar-refractivity contribution is 5.69. The first-order valence-electron chi connectivity index (χ1n) is 5.04. The van der Waals surface area contributed by atoms with Crippen molar-refractivity contribution in [3.8, 4) is 0 Å². The second kappa shape index (κ2) is 4.77. The van der Waals surface area contributed by atoms with Crippen molar-refractivity contribution in [1.82, 2.24) is 0 Å². The van der Waals surface area contributed by atoms with Gasteiger partial charge in [0.15, 0.2) is 0 Å². The summed E-state index contributed by atoms with van der Waals surface area (Å²) in [6, 6.07) is 3.59. The van der Waals surface area contributed by atoms with Crippen LogP contribution in [0.2, 0.25) is 0 Å². The molecule has 0 aliphatic heterocycles. The summed E-state index contributed by atoms with van der Waals surface area (Å²) in [6.07, 6.45) is -3.30. The van der Waals surface area contributed by atoms with Crippen molar-refractivity contribution in [1.29, 1.82) is 0 Å². The molecule has 1 N–H and O–H groups in total. The third-order valence-electron chi connectivity index (χ3n) is 2.59. The fourth-order valence-electron chi connectivity index (χ4n) is 1.82. The maximum absolute atomic E-state index is 13.3. The van der Waals surface area contributed by atoms with E-state index in [1.165, 1.54) is 26.0 Å². The molecular weight excluding hydrogens is 233 g/mol. The highest BCUT2D eigenvalue weighted by atomic mass is 19.3. The minimum Gasteiger partial charge on any atom is -0.481 e. The smallest absolute Gasteiger partial charge is 0.304 e. The van der Waals surface area contributed by atoms with Crippen molar-refractivity contribution >= 4 is 5.97 Å². The van der Waals surface area contributed by atoms with Crippen LogP contribution in [0, 0.1) is 5.82 Å². The van der Waals surface area contributed by atoms with Gasteiger partial charge >= 0.3 is 5.97 Å². The molecule has 0 aromatic heterocycles. The molecular formula is C12H13F3O2. The quantitative estimate of drug-likeness (QED) is 0.882. The molecule has 0 aliphatic carbocycles. The summed E-state index contributed by atoms with van der Waals surface area (Å²) >= 11 is 0. The number of hydrogen-bond acceptors (Lipinski definition) is 1. The van der Waals surface area contributed by atoms with Gasteiger partial charge in [-0.2, -0.15) is 0 Å². The molecule has 0 spiro atoms. The van der Waals surface area contributed by atoms with Crippen LogP contribution in [-0.4, -0.2) is 11.1 Å². The molecule has 1 aromatic carbocycles. The van der Waals surface area contributed by atoms with Gasteiger partial charge in [-0.25, -0.2) is 13.2 Å². The Kier molecular flexibility index (Phi) is 3.80. The van der Waals surface area contributed by atoms with Gasteiger partial charge in [0, 0.05) is 5.41 Å². The van der Waals surface area contributed by atoms with Gasteiger partial charge < -0.3 is 5.11 Å². The van der Waals surface area contributed by atoms with E-state index in [0.29, 0.717) is 0 Å². The summed E-state index contributed by atoms with van der Waals surface area (Å²) in [7, 11) is 0. The van der Waals surface area contributed by atoms with Gasteiger partial charge in [0.2, 0.25) is 0 Å². The Morgan fingerprint density at radius 2 is 2.00 bits per heavy atom. The monoisotopic (exact) mass is 246 g/mol. The fourth-order valence-corrected chi connectivity index (χ4v) is 1.82. The molecule has 0 bridgehead atoms. The number of carboxylic acid groups (broad SMARTS) is 1. The van der Waals surface area contributed by atoms with Gasteiger partial charge in [-0.05, 0) is 11.6 Å². The third-order valence-corrected chi connectivity index (χ3v) is 2.59. The van der Waals surface area contributed by atoms with E-state index < -0.39 is 29.2 Å². The molecule has 17 heavy (non-hydrogen) atoms. The zero-order chi connectivity index (χ0) is 13.2. The fraction of sp³-hybridized carbons (Fsp3) is 0.417. The van der Waals surface area contributed by atoms with E-state index in [-0.39, 0.29) is 12.0 Å². The topological polar surface area (TPSA) is 37.3 Å². The molecule has 5 heteroatoms. The predicted molar refractivity (Wildman–Crippen MR) is 56.6 cm³/mol. The van der Waals surface area contributed by atoms with Gasteiger partial charge in [0.25, 0.3) is 6.43 Å². The van der Waals surface area contributed by atoms with E-state index in [1.807, 2.05) is 0 Å². The number of carbonyl (C=O) groups is 1. The van der Waals surface area contributed by atoms with Crippen LogP contribution in [-0.2, 0) is 10.2 Å². The van der Waals surface area contributed by atoms with E-state index >= 15 is 0 Å². The Morgan fingerprint density at radius 1 is 1.41 bits per heavy atom. The van der Waals surface area contributed by atoms with Crippen LogP contribution in [0.5, 0.6) is 0 Å². The molecule has 1 aromatic rings. The Hall–Kier alpha value is -1.52. The third kappa shape index (κ3) is 2.99. The normalized spacial score (nSPS) is 11.9. The summed E-state index contributed by atoms with van der Waals surface area (Å²) in [6.45, 7) is 3.00. The van der Waals surface area contributed by atoms with Gasteiger partial charge in [-0.3, -0.25) is 4.79 Å². The number of alkyl halides is 2. The van der Waals surface area contributed by atoms with Crippen molar-refractivity contribution in [2.75, 3.05) is 0 Å². The highest BCUT2D eigenvalue weighted by Gasteiger charge is 2.30. The van der Waals surface area contributed by atoms with Crippen molar-refractivity contribution < 1.29 is 23.1 Å². The molecule has 0 atom stereocenters. The van der Waals surface area contributed by atoms with Crippen molar-refractivity contribution in [2.45, 2.75) is 32.1 Å². The molecule has 0 saturated carbocycles. The lowest BCUT2D eigenvalue weighted by Gasteiger charge is -2.26. The van der Waals surface area contributed by atoms with E-state index in [2.05, 4.69) is 0 Å². The summed E-state index contributed by atoms with van der Waals surface area (Å²) in [5.74, 6) is -2.12. The molecule has 0 unspecified atom stereocenters. The highest BCUT2D eigenvalue weighted by Crippen LogP contribution is 2.36. The van der Waals surface area contributed by atoms with Gasteiger partial charge in [-0.1, -0.05) is 26.0 Å². The van der Waals surface area contributed by atoms with E-state index in [4.69, 9.17) is 5.11 Å². The van der Waals surface area contributed by atoms with Crippen LogP contribution >= 0.6 is 0 Å². The number of hydrogen-bond donors (Lipinski definition) is 1. The lowest BCUT2D eigenvalue weighted by Crippen LogP contribution is -2.24. The van der Waals surface area contributed by atoms with Crippen LogP contribution in [0.1, 0.15) is 37.8 Å². The maximum Gasteiger partial charge on any atom is 0.304 e. The summed E-state index contributed by atoms with van der Waals surface area (Å²) in [5.41, 5.74) is -1.71. The number of benzene rings is 1. The Balaban J connectivity index is 3.30. The first-order valence-corrected chi connectivity index (χ1v) is 5.04. The Labute approximate surface area is 97.1 Å². The number of aliphatic carboxylic acids is 1. The van der Waals surface area contributed by atoms with Gasteiger partial charge in [0.1, 0.15) is 5.82 Å². The Morgan fingerprint density at radius 3 is 2.47 bits per heavy atom. The molecule has 94 valence electrons. The second-order valence-electron chi connectivity index (χ2n) is 4.46. The van der Waals surface area contributed by atoms with Gasteiger partial charge in [0.05, 0.1) is 12.0 Å². The first kappa shape index (κ1) is 13.5. The molecule has 0 saturated heterocycles. The van der Waals surface area contributed by atoms with Crippen molar-refractivity contribution in [3.05, 3.63) is 35.1 Å². The molecule has 0 heterocycles.